The number of ether oxygens (including phenoxy) is 2. The minimum atomic E-state index is -1.64. The predicted molar refractivity (Wildman–Crippen MR) is 167 cm³/mol. The standard InChI is InChI=1S/C33H53N3O9/c1-3-5-6-9-12-27(38)35-25(21-44-33-32(43)31(42)30(41)26(20-37)45-33)29(40)28(39)24-18-34-36(19-24)17-10-7-8-11-23-15-13-22(4-2)14-16-23/h13-16,18-19,25-26,28-33,37,39-43H,3-12,17,20-21H2,1-2H3,(H,35,38)/t25-,26+,28+,29-,30-,31-,32+,33-/m0/s1. The molecule has 1 amide bonds. The summed E-state index contributed by atoms with van der Waals surface area (Å²) >= 11 is 0. The van der Waals surface area contributed by atoms with Gasteiger partial charge in [-0.05, 0) is 43.2 Å². The molecular formula is C33H53N3O9. The molecule has 0 unspecified atom stereocenters. The van der Waals surface area contributed by atoms with Crippen LogP contribution in [-0.4, -0.2) is 102 Å². The molecule has 1 aromatic carbocycles. The third-order valence-electron chi connectivity index (χ3n) is 8.41. The van der Waals surface area contributed by atoms with Gasteiger partial charge in [-0.15, -0.1) is 0 Å². The summed E-state index contributed by atoms with van der Waals surface area (Å²) in [4.78, 5) is 12.7. The Morgan fingerprint density at radius 1 is 0.978 bits per heavy atom. The van der Waals surface area contributed by atoms with Crippen LogP contribution in [0.4, 0.5) is 0 Å². The van der Waals surface area contributed by atoms with E-state index in [1.54, 1.807) is 10.9 Å². The van der Waals surface area contributed by atoms with Crippen molar-refractivity contribution in [2.45, 2.75) is 134 Å². The van der Waals surface area contributed by atoms with Crippen LogP contribution in [0.2, 0.25) is 0 Å². The Labute approximate surface area is 266 Å². The molecule has 8 atom stereocenters. The van der Waals surface area contributed by atoms with E-state index in [-0.39, 0.29) is 12.3 Å². The molecule has 0 radical (unpaired) electrons. The van der Waals surface area contributed by atoms with Crippen LogP contribution >= 0.6 is 0 Å². The number of rotatable bonds is 20. The van der Waals surface area contributed by atoms with Gasteiger partial charge in [-0.3, -0.25) is 9.48 Å². The lowest BCUT2D eigenvalue weighted by Gasteiger charge is -2.40. The Bertz CT molecular complexity index is 1110. The van der Waals surface area contributed by atoms with Crippen molar-refractivity contribution in [3.63, 3.8) is 0 Å². The molecule has 12 heteroatoms. The van der Waals surface area contributed by atoms with E-state index in [2.05, 4.69) is 48.5 Å². The van der Waals surface area contributed by atoms with Crippen LogP contribution < -0.4 is 5.32 Å². The van der Waals surface area contributed by atoms with Gasteiger partial charge in [-0.25, -0.2) is 0 Å². The van der Waals surface area contributed by atoms with E-state index in [1.165, 1.54) is 17.3 Å². The molecule has 1 fully saturated rings. The molecule has 0 spiro atoms. The van der Waals surface area contributed by atoms with E-state index in [0.29, 0.717) is 18.5 Å². The number of nitrogens with one attached hydrogen (secondary N) is 1. The highest BCUT2D eigenvalue weighted by atomic mass is 16.7. The first-order valence-electron chi connectivity index (χ1n) is 16.4. The first-order valence-corrected chi connectivity index (χ1v) is 16.4. The van der Waals surface area contributed by atoms with Gasteiger partial charge in [0, 0.05) is 24.7 Å². The molecule has 0 saturated carbocycles. The van der Waals surface area contributed by atoms with Crippen LogP contribution in [-0.2, 0) is 33.7 Å². The number of aliphatic hydroxyl groups excluding tert-OH is 6. The number of aliphatic hydroxyl groups is 6. The van der Waals surface area contributed by atoms with Crippen LogP contribution in [0, 0.1) is 0 Å². The first-order chi connectivity index (χ1) is 21.7. The summed E-state index contributed by atoms with van der Waals surface area (Å²) in [5.41, 5.74) is 3.02. The molecule has 45 heavy (non-hydrogen) atoms. The summed E-state index contributed by atoms with van der Waals surface area (Å²) in [6.45, 7) is 3.85. The molecule has 254 valence electrons. The first kappa shape index (κ1) is 37.0. The molecule has 2 heterocycles. The number of carbonyl (C=O) groups excluding carboxylic acids is 1. The molecule has 2 aromatic rings. The van der Waals surface area contributed by atoms with E-state index in [4.69, 9.17) is 9.47 Å². The number of hydrogen-bond acceptors (Lipinski definition) is 10. The number of nitrogens with zero attached hydrogens (tertiary/aromatic N) is 2. The van der Waals surface area contributed by atoms with Crippen LogP contribution in [0.5, 0.6) is 0 Å². The quantitative estimate of drug-likeness (QED) is 0.105. The fraction of sp³-hybridized carbons (Fsp3) is 0.697. The number of hydrogen-bond donors (Lipinski definition) is 7. The highest BCUT2D eigenvalue weighted by Gasteiger charge is 2.44. The number of aryl methyl sites for hydroxylation is 3. The molecular weight excluding hydrogens is 582 g/mol. The predicted octanol–water partition coefficient (Wildman–Crippen LogP) is 1.52. The fourth-order valence-corrected chi connectivity index (χ4v) is 5.41. The largest absolute Gasteiger partial charge is 0.394 e. The summed E-state index contributed by atoms with van der Waals surface area (Å²) in [5.74, 6) is -0.336. The molecule has 7 N–H and O–H groups in total. The zero-order valence-electron chi connectivity index (χ0n) is 26.6. The maximum atomic E-state index is 12.7. The van der Waals surface area contributed by atoms with Crippen molar-refractivity contribution in [1.82, 2.24) is 15.1 Å². The van der Waals surface area contributed by atoms with Crippen molar-refractivity contribution in [3.8, 4) is 0 Å². The summed E-state index contributed by atoms with van der Waals surface area (Å²) in [6.07, 6.45) is 1.55. The van der Waals surface area contributed by atoms with Gasteiger partial charge in [0.2, 0.25) is 5.91 Å². The zero-order chi connectivity index (χ0) is 32.8. The van der Waals surface area contributed by atoms with Crippen molar-refractivity contribution in [3.05, 3.63) is 53.3 Å². The number of amides is 1. The molecule has 1 aliphatic heterocycles. The van der Waals surface area contributed by atoms with Gasteiger partial charge in [-0.1, -0.05) is 63.8 Å². The zero-order valence-corrected chi connectivity index (χ0v) is 26.6. The molecule has 1 aliphatic rings. The second kappa shape index (κ2) is 19.3. The number of carbonyl (C=O) groups is 1. The second-order valence-electron chi connectivity index (χ2n) is 12.0. The number of benzene rings is 1. The normalized spacial score (nSPS) is 23.9. The lowest BCUT2D eigenvalue weighted by Crippen LogP contribution is -2.60. The van der Waals surface area contributed by atoms with Gasteiger partial charge >= 0.3 is 0 Å². The van der Waals surface area contributed by atoms with Gasteiger partial charge in [0.25, 0.3) is 0 Å². The summed E-state index contributed by atoms with van der Waals surface area (Å²) in [5, 5.41) is 69.2. The van der Waals surface area contributed by atoms with Crippen LogP contribution in [0.25, 0.3) is 0 Å². The Morgan fingerprint density at radius 2 is 1.69 bits per heavy atom. The van der Waals surface area contributed by atoms with Crippen molar-refractivity contribution in [2.24, 2.45) is 0 Å². The molecule has 0 aliphatic carbocycles. The minimum Gasteiger partial charge on any atom is -0.394 e. The van der Waals surface area contributed by atoms with E-state index in [1.807, 2.05) is 0 Å². The van der Waals surface area contributed by atoms with Gasteiger partial charge in [0.15, 0.2) is 6.29 Å². The van der Waals surface area contributed by atoms with Crippen molar-refractivity contribution >= 4 is 5.91 Å². The SMILES string of the molecule is CCCCCCC(=O)N[C@@H](CO[C@H]1O[C@H](CO)[C@H](O)[C@H](O)[C@H]1O)[C@H](O)[C@H](O)c1cnn(CCCCCc2ccc(CC)cc2)c1. The third kappa shape index (κ3) is 11.4. The lowest BCUT2D eigenvalue weighted by molar-refractivity contribution is -0.303. The Hall–Kier alpha value is -2.42. The van der Waals surface area contributed by atoms with Crippen LogP contribution in [0.15, 0.2) is 36.7 Å². The Kier molecular flexibility index (Phi) is 15.9. The number of aromatic nitrogens is 2. The Balaban J connectivity index is 1.56. The third-order valence-corrected chi connectivity index (χ3v) is 8.41. The minimum absolute atomic E-state index is 0.224. The lowest BCUT2D eigenvalue weighted by atomic mass is 9.99. The molecule has 12 nitrogen and oxygen atoms in total. The van der Waals surface area contributed by atoms with Crippen molar-refractivity contribution < 1.29 is 44.9 Å². The van der Waals surface area contributed by atoms with Crippen LogP contribution in [0.1, 0.15) is 88.0 Å². The van der Waals surface area contributed by atoms with E-state index < -0.39 is 62.2 Å². The molecule has 1 saturated heterocycles. The van der Waals surface area contributed by atoms with Crippen molar-refractivity contribution in [2.75, 3.05) is 13.2 Å². The second-order valence-corrected chi connectivity index (χ2v) is 12.0. The van der Waals surface area contributed by atoms with E-state index in [9.17, 15) is 35.4 Å². The average Bonchev–Trinajstić information content (AvgIpc) is 3.53. The smallest absolute Gasteiger partial charge is 0.220 e. The van der Waals surface area contributed by atoms with E-state index in [0.717, 1.165) is 51.4 Å². The molecule has 1 aromatic heterocycles. The topological polar surface area (TPSA) is 187 Å². The Morgan fingerprint density at radius 3 is 2.38 bits per heavy atom. The molecule has 3 rings (SSSR count). The van der Waals surface area contributed by atoms with Crippen molar-refractivity contribution in [1.29, 1.82) is 0 Å². The number of unbranched alkanes of at least 4 members (excludes halogenated alkanes) is 5. The molecule has 0 bridgehead atoms. The van der Waals surface area contributed by atoms with Crippen LogP contribution in [0.3, 0.4) is 0 Å². The summed E-state index contributed by atoms with van der Waals surface area (Å²) in [7, 11) is 0. The summed E-state index contributed by atoms with van der Waals surface area (Å²) in [6, 6.07) is 7.60. The highest BCUT2D eigenvalue weighted by Crippen LogP contribution is 2.24. The van der Waals surface area contributed by atoms with Gasteiger partial charge in [-0.2, -0.15) is 5.10 Å². The fourth-order valence-electron chi connectivity index (χ4n) is 5.41. The highest BCUT2D eigenvalue weighted by molar-refractivity contribution is 5.76. The maximum absolute atomic E-state index is 12.7. The maximum Gasteiger partial charge on any atom is 0.220 e. The average molecular weight is 636 g/mol. The van der Waals surface area contributed by atoms with Gasteiger partial charge in [0.05, 0.1) is 25.5 Å². The monoisotopic (exact) mass is 635 g/mol. The van der Waals surface area contributed by atoms with Gasteiger partial charge < -0.3 is 45.4 Å². The summed E-state index contributed by atoms with van der Waals surface area (Å²) < 4.78 is 12.7. The van der Waals surface area contributed by atoms with E-state index >= 15 is 0 Å². The van der Waals surface area contributed by atoms with Gasteiger partial charge in [0.1, 0.15) is 36.6 Å².